The van der Waals surface area contributed by atoms with Gasteiger partial charge in [0.2, 0.25) is 5.91 Å². The van der Waals surface area contributed by atoms with Gasteiger partial charge in [0, 0.05) is 31.5 Å². The Morgan fingerprint density at radius 3 is 2.21 bits per heavy atom. The van der Waals surface area contributed by atoms with Gasteiger partial charge in [-0.1, -0.05) is 55.5 Å². The summed E-state index contributed by atoms with van der Waals surface area (Å²) < 4.78 is 5.62. The summed E-state index contributed by atoms with van der Waals surface area (Å²) in [6.07, 6.45) is 2.04. The number of aliphatic carboxylic acids is 1. The lowest BCUT2D eigenvalue weighted by molar-refractivity contribution is -0.150. The lowest BCUT2D eigenvalue weighted by Crippen LogP contribution is -2.48. The second-order valence-electron chi connectivity index (χ2n) is 9.28. The van der Waals surface area contributed by atoms with Gasteiger partial charge in [0.1, 0.15) is 6.61 Å². The van der Waals surface area contributed by atoms with Crippen LogP contribution in [-0.4, -0.2) is 53.7 Å². The molecule has 180 valence electrons. The zero-order valence-corrected chi connectivity index (χ0v) is 19.7. The summed E-state index contributed by atoms with van der Waals surface area (Å²) in [5, 5.41) is 11.9. The number of carbonyl (C=O) groups is 3. The molecular formula is C27H32N2O5. The van der Waals surface area contributed by atoms with Crippen LogP contribution >= 0.6 is 0 Å². The van der Waals surface area contributed by atoms with Crippen LogP contribution in [0.5, 0.6) is 0 Å². The highest BCUT2D eigenvalue weighted by Crippen LogP contribution is 2.44. The largest absolute Gasteiger partial charge is 0.481 e. The third kappa shape index (κ3) is 4.93. The van der Waals surface area contributed by atoms with Crippen LogP contribution < -0.4 is 5.32 Å². The molecule has 0 aromatic heterocycles. The van der Waals surface area contributed by atoms with Crippen molar-refractivity contribution in [2.75, 3.05) is 13.7 Å². The minimum atomic E-state index is -0.796. The molecule has 7 nitrogen and oxygen atoms in total. The Balaban J connectivity index is 1.26. The van der Waals surface area contributed by atoms with Gasteiger partial charge in [0.15, 0.2) is 0 Å². The third-order valence-corrected chi connectivity index (χ3v) is 7.27. The quantitative estimate of drug-likeness (QED) is 0.573. The number of fused-ring (bicyclic) bond motifs is 3. The van der Waals surface area contributed by atoms with E-state index in [0.29, 0.717) is 32.1 Å². The Bertz CT molecular complexity index is 1020. The first-order chi connectivity index (χ1) is 16.4. The van der Waals surface area contributed by atoms with Gasteiger partial charge in [-0.2, -0.15) is 0 Å². The van der Waals surface area contributed by atoms with E-state index in [1.807, 2.05) is 31.2 Å². The van der Waals surface area contributed by atoms with E-state index in [1.165, 1.54) is 22.3 Å². The van der Waals surface area contributed by atoms with Gasteiger partial charge < -0.3 is 20.1 Å². The fourth-order valence-electron chi connectivity index (χ4n) is 4.97. The molecule has 2 N–H and O–H groups in total. The van der Waals surface area contributed by atoms with E-state index < -0.39 is 12.1 Å². The maximum Gasteiger partial charge on any atom is 0.407 e. The van der Waals surface area contributed by atoms with E-state index >= 15 is 0 Å². The molecule has 1 atom stereocenters. The molecule has 0 radical (unpaired) electrons. The Morgan fingerprint density at radius 1 is 1.06 bits per heavy atom. The highest BCUT2D eigenvalue weighted by atomic mass is 16.5. The second-order valence-corrected chi connectivity index (χ2v) is 9.28. The number of alkyl carbamates (subject to hydrolysis) is 1. The van der Waals surface area contributed by atoms with Crippen molar-refractivity contribution in [2.45, 2.75) is 57.0 Å². The number of nitrogens with zero attached hydrogens (tertiary/aromatic N) is 1. The standard InChI is InChI=1S/C27H32N2O5/c1-3-18(12-13-25(30)29(2)19-14-17(15-19)26(31)32)28-27(33)34-16-24-22-10-6-4-8-20(22)21-9-5-7-11-23(21)24/h4-11,17-19,24H,3,12-16H2,1-2H3,(H,28,33)(H,31,32). The number of amides is 2. The van der Waals surface area contributed by atoms with Crippen molar-refractivity contribution in [2.24, 2.45) is 5.92 Å². The molecule has 1 unspecified atom stereocenters. The normalized spacial score (nSPS) is 19.4. The van der Waals surface area contributed by atoms with Gasteiger partial charge in [-0.3, -0.25) is 9.59 Å². The van der Waals surface area contributed by atoms with Crippen LogP contribution in [-0.2, 0) is 14.3 Å². The van der Waals surface area contributed by atoms with Crippen LogP contribution in [0.3, 0.4) is 0 Å². The van der Waals surface area contributed by atoms with Crippen LogP contribution in [0.1, 0.15) is 56.1 Å². The Hall–Kier alpha value is -3.35. The van der Waals surface area contributed by atoms with E-state index in [2.05, 4.69) is 29.6 Å². The molecule has 0 heterocycles. The molecule has 1 fully saturated rings. The third-order valence-electron chi connectivity index (χ3n) is 7.27. The summed E-state index contributed by atoms with van der Waals surface area (Å²) in [6.45, 7) is 2.22. The second kappa shape index (κ2) is 10.3. The first-order valence-electron chi connectivity index (χ1n) is 12.0. The predicted octanol–water partition coefficient (Wildman–Crippen LogP) is 4.41. The van der Waals surface area contributed by atoms with Crippen LogP contribution in [0.2, 0.25) is 0 Å². The minimum absolute atomic E-state index is 0.00515. The summed E-state index contributed by atoms with van der Waals surface area (Å²) in [7, 11) is 1.73. The molecule has 2 aromatic carbocycles. The van der Waals surface area contributed by atoms with Crippen molar-refractivity contribution in [1.29, 1.82) is 0 Å². The molecule has 0 saturated heterocycles. The lowest BCUT2D eigenvalue weighted by atomic mass is 9.79. The number of nitrogens with one attached hydrogen (secondary N) is 1. The molecule has 0 spiro atoms. The van der Waals surface area contributed by atoms with E-state index in [-0.39, 0.29) is 36.4 Å². The summed E-state index contributed by atoms with van der Waals surface area (Å²) in [4.78, 5) is 37.7. The first-order valence-corrected chi connectivity index (χ1v) is 12.0. The topological polar surface area (TPSA) is 95.9 Å². The van der Waals surface area contributed by atoms with E-state index in [9.17, 15) is 14.4 Å². The molecule has 2 aliphatic carbocycles. The van der Waals surface area contributed by atoms with Gasteiger partial charge >= 0.3 is 12.1 Å². The number of hydrogen-bond acceptors (Lipinski definition) is 4. The van der Waals surface area contributed by atoms with Gasteiger partial charge in [-0.15, -0.1) is 0 Å². The van der Waals surface area contributed by atoms with Crippen molar-refractivity contribution >= 4 is 18.0 Å². The van der Waals surface area contributed by atoms with Crippen molar-refractivity contribution in [1.82, 2.24) is 10.2 Å². The zero-order valence-electron chi connectivity index (χ0n) is 19.7. The molecule has 0 aliphatic heterocycles. The van der Waals surface area contributed by atoms with Crippen molar-refractivity contribution in [3.8, 4) is 11.1 Å². The average molecular weight is 465 g/mol. The highest BCUT2D eigenvalue weighted by molar-refractivity contribution is 5.79. The maximum atomic E-state index is 12.6. The molecule has 34 heavy (non-hydrogen) atoms. The lowest BCUT2D eigenvalue weighted by Gasteiger charge is -2.39. The number of carboxylic acid groups (broad SMARTS) is 1. The van der Waals surface area contributed by atoms with Crippen molar-refractivity contribution in [3.63, 3.8) is 0 Å². The van der Waals surface area contributed by atoms with Crippen molar-refractivity contribution < 1.29 is 24.2 Å². The number of carboxylic acids is 1. The van der Waals surface area contributed by atoms with E-state index in [0.717, 1.165) is 0 Å². The molecule has 2 amide bonds. The number of hydrogen-bond donors (Lipinski definition) is 2. The monoisotopic (exact) mass is 464 g/mol. The number of rotatable bonds is 9. The van der Waals surface area contributed by atoms with Gasteiger partial charge in [-0.05, 0) is 47.9 Å². The molecular weight excluding hydrogens is 432 g/mol. The summed E-state index contributed by atoms with van der Waals surface area (Å²) in [5.74, 6) is -1.17. The molecule has 7 heteroatoms. The Labute approximate surface area is 200 Å². The predicted molar refractivity (Wildman–Crippen MR) is 128 cm³/mol. The number of benzene rings is 2. The van der Waals surface area contributed by atoms with Gasteiger partial charge in [0.25, 0.3) is 0 Å². The van der Waals surface area contributed by atoms with Gasteiger partial charge in [-0.25, -0.2) is 4.79 Å². The highest BCUT2D eigenvalue weighted by Gasteiger charge is 2.38. The summed E-state index contributed by atoms with van der Waals surface area (Å²) >= 11 is 0. The number of carbonyl (C=O) groups excluding carboxylic acids is 2. The molecule has 4 rings (SSSR count). The summed E-state index contributed by atoms with van der Waals surface area (Å²) in [6, 6.07) is 16.2. The molecule has 1 saturated carbocycles. The Morgan fingerprint density at radius 2 is 1.65 bits per heavy atom. The molecule has 0 bridgehead atoms. The fraction of sp³-hybridized carbons (Fsp3) is 0.444. The molecule has 2 aliphatic rings. The first kappa shape index (κ1) is 23.8. The average Bonchev–Trinajstić information content (AvgIpc) is 3.12. The Kier molecular flexibility index (Phi) is 7.20. The van der Waals surface area contributed by atoms with Crippen LogP contribution in [0.15, 0.2) is 48.5 Å². The SMILES string of the molecule is CCC(CCC(=O)N(C)C1CC(C(=O)O)C1)NC(=O)OCC1c2ccccc2-c2ccccc21. The zero-order chi connectivity index (χ0) is 24.2. The van der Waals surface area contributed by atoms with Crippen LogP contribution in [0.25, 0.3) is 11.1 Å². The summed E-state index contributed by atoms with van der Waals surface area (Å²) in [5.41, 5.74) is 4.70. The van der Waals surface area contributed by atoms with E-state index in [1.54, 1.807) is 11.9 Å². The fourth-order valence-corrected chi connectivity index (χ4v) is 4.97. The van der Waals surface area contributed by atoms with Crippen LogP contribution in [0.4, 0.5) is 4.79 Å². The number of ether oxygens (including phenoxy) is 1. The van der Waals surface area contributed by atoms with Gasteiger partial charge in [0.05, 0.1) is 5.92 Å². The van der Waals surface area contributed by atoms with E-state index in [4.69, 9.17) is 9.84 Å². The smallest absolute Gasteiger partial charge is 0.407 e. The van der Waals surface area contributed by atoms with Crippen molar-refractivity contribution in [3.05, 3.63) is 59.7 Å². The maximum absolute atomic E-state index is 12.6. The van der Waals surface area contributed by atoms with Crippen LogP contribution in [0, 0.1) is 5.92 Å². The molecule has 2 aromatic rings. The minimum Gasteiger partial charge on any atom is -0.481 e.